The van der Waals surface area contributed by atoms with E-state index >= 15 is 0 Å². The summed E-state index contributed by atoms with van der Waals surface area (Å²) in [6, 6.07) is 16.5. The number of rotatable bonds is 3. The topological polar surface area (TPSA) is 33.2 Å². The molecule has 5 heteroatoms. The highest BCUT2D eigenvalue weighted by Gasteiger charge is 2.23. The lowest BCUT2D eigenvalue weighted by molar-refractivity contribution is 0.0776. The molecule has 136 valence electrons. The SMILES string of the molecule is Cc1nc(-c2ccc(F)cc2)sc1C(=O)N1CC=C(c2ccccc2)CC1. The Labute approximate surface area is 161 Å². The maximum atomic E-state index is 13.1. The predicted molar refractivity (Wildman–Crippen MR) is 107 cm³/mol. The lowest BCUT2D eigenvalue weighted by atomic mass is 9.99. The molecule has 1 aromatic heterocycles. The van der Waals surface area contributed by atoms with Crippen LogP contribution in [0.15, 0.2) is 60.7 Å². The Morgan fingerprint density at radius 1 is 1.07 bits per heavy atom. The van der Waals surface area contributed by atoms with E-state index in [4.69, 9.17) is 0 Å². The molecule has 2 aromatic carbocycles. The van der Waals surface area contributed by atoms with Gasteiger partial charge in [-0.15, -0.1) is 11.3 Å². The van der Waals surface area contributed by atoms with Gasteiger partial charge in [-0.1, -0.05) is 36.4 Å². The third-order valence-corrected chi connectivity index (χ3v) is 5.92. The van der Waals surface area contributed by atoms with Crippen LogP contribution in [-0.2, 0) is 0 Å². The molecule has 0 saturated heterocycles. The number of amides is 1. The summed E-state index contributed by atoms with van der Waals surface area (Å²) in [4.78, 5) is 20.0. The largest absolute Gasteiger partial charge is 0.334 e. The third kappa shape index (κ3) is 3.69. The first-order chi connectivity index (χ1) is 13.1. The van der Waals surface area contributed by atoms with Crippen molar-refractivity contribution >= 4 is 22.8 Å². The molecule has 1 aliphatic rings. The average Bonchev–Trinajstić information content (AvgIpc) is 3.10. The van der Waals surface area contributed by atoms with E-state index in [1.54, 1.807) is 12.1 Å². The Hall–Kier alpha value is -2.79. The van der Waals surface area contributed by atoms with E-state index in [2.05, 4.69) is 23.2 Å². The maximum Gasteiger partial charge on any atom is 0.266 e. The third-order valence-electron chi connectivity index (χ3n) is 4.72. The molecule has 0 unspecified atom stereocenters. The van der Waals surface area contributed by atoms with Gasteiger partial charge in [-0.05, 0) is 48.7 Å². The van der Waals surface area contributed by atoms with Crippen molar-refractivity contribution in [1.82, 2.24) is 9.88 Å². The molecule has 0 atom stereocenters. The number of halogens is 1. The second-order valence-corrected chi connectivity index (χ2v) is 7.54. The van der Waals surface area contributed by atoms with Gasteiger partial charge in [0.2, 0.25) is 0 Å². The minimum absolute atomic E-state index is 0.0155. The summed E-state index contributed by atoms with van der Waals surface area (Å²) in [6.45, 7) is 3.15. The lowest BCUT2D eigenvalue weighted by Gasteiger charge is -2.26. The molecule has 0 fully saturated rings. The summed E-state index contributed by atoms with van der Waals surface area (Å²) < 4.78 is 13.1. The van der Waals surface area contributed by atoms with Gasteiger partial charge in [0.25, 0.3) is 5.91 Å². The van der Waals surface area contributed by atoms with Crippen molar-refractivity contribution < 1.29 is 9.18 Å². The highest BCUT2D eigenvalue weighted by Crippen LogP contribution is 2.30. The van der Waals surface area contributed by atoms with Crippen LogP contribution in [0.5, 0.6) is 0 Å². The van der Waals surface area contributed by atoms with Crippen LogP contribution in [0, 0.1) is 12.7 Å². The summed E-state index contributed by atoms with van der Waals surface area (Å²) in [5.74, 6) is -0.264. The van der Waals surface area contributed by atoms with E-state index in [0.717, 1.165) is 22.7 Å². The van der Waals surface area contributed by atoms with E-state index in [-0.39, 0.29) is 11.7 Å². The molecule has 0 spiro atoms. The first-order valence-corrected chi connectivity index (χ1v) is 9.70. The monoisotopic (exact) mass is 378 g/mol. The smallest absolute Gasteiger partial charge is 0.266 e. The minimum Gasteiger partial charge on any atom is -0.334 e. The molecule has 3 aromatic rings. The highest BCUT2D eigenvalue weighted by atomic mass is 32.1. The number of carbonyl (C=O) groups excluding carboxylic acids is 1. The zero-order valence-electron chi connectivity index (χ0n) is 15.0. The Morgan fingerprint density at radius 2 is 1.81 bits per heavy atom. The van der Waals surface area contributed by atoms with Gasteiger partial charge >= 0.3 is 0 Å². The standard InChI is InChI=1S/C22H19FN2OS/c1-15-20(27-21(24-15)18-7-9-19(23)10-8-18)22(26)25-13-11-17(12-14-25)16-5-3-2-4-6-16/h2-11H,12-14H2,1H3. The van der Waals surface area contributed by atoms with E-state index in [9.17, 15) is 9.18 Å². The van der Waals surface area contributed by atoms with E-state index in [1.807, 2.05) is 30.0 Å². The number of thiazole rings is 1. The van der Waals surface area contributed by atoms with Gasteiger partial charge in [0.15, 0.2) is 0 Å². The van der Waals surface area contributed by atoms with Gasteiger partial charge < -0.3 is 4.90 Å². The van der Waals surface area contributed by atoms with Gasteiger partial charge in [0.05, 0.1) is 5.69 Å². The van der Waals surface area contributed by atoms with Crippen LogP contribution in [0.1, 0.15) is 27.3 Å². The van der Waals surface area contributed by atoms with Gasteiger partial charge in [-0.25, -0.2) is 9.37 Å². The van der Waals surface area contributed by atoms with Crippen molar-refractivity contribution in [3.8, 4) is 10.6 Å². The van der Waals surface area contributed by atoms with Gasteiger partial charge in [0, 0.05) is 18.7 Å². The number of aryl methyl sites for hydroxylation is 1. The Bertz CT molecular complexity index is 993. The van der Waals surface area contributed by atoms with Gasteiger partial charge in [0.1, 0.15) is 15.7 Å². The number of hydrogen-bond donors (Lipinski definition) is 0. The molecule has 0 aliphatic carbocycles. The molecule has 1 aliphatic heterocycles. The number of benzene rings is 2. The van der Waals surface area contributed by atoms with E-state index in [0.29, 0.717) is 18.0 Å². The van der Waals surface area contributed by atoms with Crippen molar-refractivity contribution in [2.45, 2.75) is 13.3 Å². The molecule has 0 bridgehead atoms. The summed E-state index contributed by atoms with van der Waals surface area (Å²) in [7, 11) is 0. The Morgan fingerprint density at radius 3 is 2.48 bits per heavy atom. The van der Waals surface area contributed by atoms with E-state index < -0.39 is 0 Å². The maximum absolute atomic E-state index is 13.1. The normalized spacial score (nSPS) is 14.1. The molecule has 0 radical (unpaired) electrons. The number of aromatic nitrogens is 1. The molecule has 0 N–H and O–H groups in total. The Balaban J connectivity index is 1.52. The highest BCUT2D eigenvalue weighted by molar-refractivity contribution is 7.17. The molecule has 0 saturated carbocycles. The molecule has 4 rings (SSSR count). The second-order valence-electron chi connectivity index (χ2n) is 6.54. The fraction of sp³-hybridized carbons (Fsp3) is 0.182. The Kier molecular flexibility index (Phi) is 4.86. The molecule has 2 heterocycles. The van der Waals surface area contributed by atoms with Crippen LogP contribution in [0.4, 0.5) is 4.39 Å². The van der Waals surface area contributed by atoms with Crippen LogP contribution >= 0.6 is 11.3 Å². The fourth-order valence-electron chi connectivity index (χ4n) is 3.22. The van der Waals surface area contributed by atoms with Crippen molar-refractivity contribution in [1.29, 1.82) is 0 Å². The fourth-order valence-corrected chi connectivity index (χ4v) is 4.26. The molecule has 27 heavy (non-hydrogen) atoms. The first-order valence-electron chi connectivity index (χ1n) is 8.89. The predicted octanol–water partition coefficient (Wildman–Crippen LogP) is 5.19. The van der Waals surface area contributed by atoms with Crippen LogP contribution < -0.4 is 0 Å². The summed E-state index contributed by atoms with van der Waals surface area (Å²) in [5.41, 5.74) is 4.06. The summed E-state index contributed by atoms with van der Waals surface area (Å²) in [6.07, 6.45) is 2.98. The lowest BCUT2D eigenvalue weighted by Crippen LogP contribution is -2.34. The molecular weight excluding hydrogens is 359 g/mol. The second kappa shape index (κ2) is 7.45. The molecular formula is C22H19FN2OS. The first kappa shape index (κ1) is 17.6. The van der Waals surface area contributed by atoms with E-state index in [1.165, 1.54) is 34.6 Å². The average molecular weight is 378 g/mol. The van der Waals surface area contributed by atoms with Crippen molar-refractivity contribution in [3.05, 3.63) is 82.6 Å². The zero-order valence-corrected chi connectivity index (χ0v) is 15.8. The quantitative estimate of drug-likeness (QED) is 0.629. The van der Waals surface area contributed by atoms with Crippen molar-refractivity contribution in [2.24, 2.45) is 0 Å². The van der Waals surface area contributed by atoms with Gasteiger partial charge in [-0.2, -0.15) is 0 Å². The van der Waals surface area contributed by atoms with Crippen LogP contribution in [0.3, 0.4) is 0 Å². The summed E-state index contributed by atoms with van der Waals surface area (Å²) >= 11 is 1.37. The van der Waals surface area contributed by atoms with Crippen LogP contribution in [-0.4, -0.2) is 28.9 Å². The molecule has 1 amide bonds. The minimum atomic E-state index is -0.280. The number of carbonyl (C=O) groups is 1. The molecule has 3 nitrogen and oxygen atoms in total. The number of nitrogens with zero attached hydrogens (tertiary/aromatic N) is 2. The number of hydrogen-bond acceptors (Lipinski definition) is 3. The van der Waals surface area contributed by atoms with Crippen molar-refractivity contribution in [2.75, 3.05) is 13.1 Å². The van der Waals surface area contributed by atoms with Crippen LogP contribution in [0.2, 0.25) is 0 Å². The van der Waals surface area contributed by atoms with Crippen LogP contribution in [0.25, 0.3) is 16.1 Å². The van der Waals surface area contributed by atoms with Gasteiger partial charge in [-0.3, -0.25) is 4.79 Å². The van der Waals surface area contributed by atoms with Crippen molar-refractivity contribution in [3.63, 3.8) is 0 Å². The zero-order chi connectivity index (χ0) is 18.8. The summed E-state index contributed by atoms with van der Waals surface area (Å²) in [5, 5.41) is 0.744.